The van der Waals surface area contributed by atoms with Gasteiger partial charge >= 0.3 is 0 Å². The molecule has 0 spiro atoms. The van der Waals surface area contributed by atoms with Crippen LogP contribution in [0.2, 0.25) is 0 Å². The summed E-state index contributed by atoms with van der Waals surface area (Å²) in [6.07, 6.45) is 3.28. The van der Waals surface area contributed by atoms with Gasteiger partial charge in [-0.1, -0.05) is 0 Å². The lowest BCUT2D eigenvalue weighted by atomic mass is 10.1. The number of amides is 1. The van der Waals surface area contributed by atoms with Gasteiger partial charge in [0.2, 0.25) is 5.88 Å². The van der Waals surface area contributed by atoms with E-state index < -0.39 is 0 Å². The lowest BCUT2D eigenvalue weighted by Gasteiger charge is -2.11. The number of nitrogens with two attached hydrogens (primary N) is 1. The van der Waals surface area contributed by atoms with E-state index in [9.17, 15) is 10.1 Å². The maximum atomic E-state index is 12.1. The third-order valence-electron chi connectivity index (χ3n) is 3.97. The van der Waals surface area contributed by atoms with Crippen molar-refractivity contribution in [1.82, 2.24) is 24.6 Å². The van der Waals surface area contributed by atoms with Crippen LogP contribution in [0.25, 0.3) is 11.4 Å². The fraction of sp³-hybridized carbons (Fsp3) is 0.211. The van der Waals surface area contributed by atoms with E-state index in [1.807, 2.05) is 0 Å². The second-order valence-electron chi connectivity index (χ2n) is 6.23. The number of carbonyl (C=O) groups is 1. The molecule has 0 atom stereocenters. The topological polar surface area (TPSA) is 123 Å². The van der Waals surface area contributed by atoms with E-state index in [4.69, 9.17) is 10.5 Å². The van der Waals surface area contributed by atoms with Crippen LogP contribution in [0.5, 0.6) is 11.6 Å². The Labute approximate surface area is 162 Å². The average molecular weight is 377 g/mol. The largest absolute Gasteiger partial charge is 0.438 e. The molecule has 2 N–H and O–H groups in total. The number of rotatable bonds is 5. The minimum Gasteiger partial charge on any atom is -0.438 e. The van der Waals surface area contributed by atoms with Crippen LogP contribution >= 0.6 is 0 Å². The Morgan fingerprint density at radius 1 is 1.29 bits per heavy atom. The highest BCUT2D eigenvalue weighted by Crippen LogP contribution is 2.32. The molecule has 142 valence electrons. The van der Waals surface area contributed by atoms with Crippen LogP contribution in [0.1, 0.15) is 21.6 Å². The minimum atomic E-state index is -0.239. The fourth-order valence-corrected chi connectivity index (χ4v) is 2.45. The maximum Gasteiger partial charge on any atom is 0.273 e. The summed E-state index contributed by atoms with van der Waals surface area (Å²) in [5.74, 6) is 0.923. The van der Waals surface area contributed by atoms with Crippen molar-refractivity contribution in [2.24, 2.45) is 12.8 Å². The third-order valence-corrected chi connectivity index (χ3v) is 3.97. The lowest BCUT2D eigenvalue weighted by Crippen LogP contribution is -2.22. The molecular formula is C19H19N7O2. The molecule has 9 heteroatoms. The van der Waals surface area contributed by atoms with Crippen LogP contribution in [0.3, 0.4) is 0 Å². The smallest absolute Gasteiger partial charge is 0.273 e. The van der Waals surface area contributed by atoms with E-state index in [-0.39, 0.29) is 11.6 Å². The molecule has 0 saturated carbocycles. The first kappa shape index (κ1) is 19.0. The molecule has 0 bridgehead atoms. The van der Waals surface area contributed by atoms with Crippen molar-refractivity contribution >= 4 is 5.91 Å². The van der Waals surface area contributed by atoms with Crippen LogP contribution < -0.4 is 10.5 Å². The summed E-state index contributed by atoms with van der Waals surface area (Å²) >= 11 is 0. The van der Waals surface area contributed by atoms with Crippen molar-refractivity contribution in [3.05, 3.63) is 53.5 Å². The Kier molecular flexibility index (Phi) is 5.33. The van der Waals surface area contributed by atoms with E-state index in [0.29, 0.717) is 35.1 Å². The Balaban J connectivity index is 2.01. The zero-order valence-electron chi connectivity index (χ0n) is 15.7. The van der Waals surface area contributed by atoms with Crippen molar-refractivity contribution in [2.45, 2.75) is 6.54 Å². The number of carbonyl (C=O) groups excluding carboxylic acids is 1. The van der Waals surface area contributed by atoms with Gasteiger partial charge in [0, 0.05) is 51.7 Å². The Morgan fingerprint density at radius 2 is 2.00 bits per heavy atom. The molecule has 3 rings (SSSR count). The Hall–Kier alpha value is -3.77. The molecule has 2 heterocycles. The summed E-state index contributed by atoms with van der Waals surface area (Å²) < 4.78 is 7.43. The summed E-state index contributed by atoms with van der Waals surface area (Å²) in [6.45, 7) is 0.342. The average Bonchev–Trinajstić information content (AvgIpc) is 3.07. The number of aryl methyl sites for hydroxylation is 1. The minimum absolute atomic E-state index is 0.239. The summed E-state index contributed by atoms with van der Waals surface area (Å²) in [7, 11) is 4.96. The van der Waals surface area contributed by atoms with Gasteiger partial charge in [-0.25, -0.2) is 14.6 Å². The maximum absolute atomic E-state index is 12.1. The lowest BCUT2D eigenvalue weighted by molar-refractivity contribution is 0.0821. The second kappa shape index (κ2) is 7.85. The number of hydrogen-bond donors (Lipinski definition) is 1. The van der Waals surface area contributed by atoms with Crippen molar-refractivity contribution in [1.29, 1.82) is 5.26 Å². The molecule has 1 aromatic carbocycles. The number of benzene rings is 1. The van der Waals surface area contributed by atoms with E-state index in [0.717, 1.165) is 5.56 Å². The highest BCUT2D eigenvalue weighted by molar-refractivity contribution is 5.92. The van der Waals surface area contributed by atoms with Gasteiger partial charge in [-0.3, -0.25) is 4.79 Å². The molecule has 0 radical (unpaired) electrons. The molecule has 28 heavy (non-hydrogen) atoms. The number of hydrogen-bond acceptors (Lipinski definition) is 7. The van der Waals surface area contributed by atoms with E-state index in [2.05, 4.69) is 21.1 Å². The first-order valence-corrected chi connectivity index (χ1v) is 8.42. The summed E-state index contributed by atoms with van der Waals surface area (Å²) in [6, 6.07) is 8.60. The number of ether oxygens (including phenoxy) is 1. The van der Waals surface area contributed by atoms with Crippen LogP contribution in [0, 0.1) is 11.3 Å². The predicted molar refractivity (Wildman–Crippen MR) is 101 cm³/mol. The quantitative estimate of drug-likeness (QED) is 0.718. The van der Waals surface area contributed by atoms with Gasteiger partial charge in [0.15, 0.2) is 11.5 Å². The first-order valence-electron chi connectivity index (χ1n) is 8.42. The number of aromatic nitrogens is 4. The molecule has 0 fully saturated rings. The van der Waals surface area contributed by atoms with Gasteiger partial charge in [-0.05, 0) is 18.2 Å². The molecular weight excluding hydrogens is 358 g/mol. The van der Waals surface area contributed by atoms with Gasteiger partial charge in [0.25, 0.3) is 5.91 Å². The number of nitrogens with zero attached hydrogens (tertiary/aromatic N) is 6. The molecule has 9 nitrogen and oxygen atoms in total. The molecule has 0 unspecified atom stereocenters. The zero-order chi connectivity index (χ0) is 20.3. The van der Waals surface area contributed by atoms with Gasteiger partial charge in [-0.2, -0.15) is 10.4 Å². The Bertz CT molecular complexity index is 1050. The van der Waals surface area contributed by atoms with Crippen molar-refractivity contribution < 1.29 is 9.53 Å². The summed E-state index contributed by atoms with van der Waals surface area (Å²) in [5, 5.41) is 13.4. The third kappa shape index (κ3) is 3.82. The standard InChI is InChI=1S/C19H19N7O2/c1-25(2)19(27)15-7-17(26(3)24-15)28-16-6-12(8-20)4-5-14(16)18-22-10-13(9-21)11-23-18/h4-7,10-11H,9,21H2,1-3H3. The van der Waals surface area contributed by atoms with Crippen LogP contribution in [-0.2, 0) is 13.6 Å². The van der Waals surface area contributed by atoms with Crippen LogP contribution in [-0.4, -0.2) is 44.7 Å². The predicted octanol–water partition coefficient (Wildman–Crippen LogP) is 1.70. The monoisotopic (exact) mass is 377 g/mol. The van der Waals surface area contributed by atoms with Gasteiger partial charge in [0.05, 0.1) is 17.2 Å². The summed E-state index contributed by atoms with van der Waals surface area (Å²) in [4.78, 5) is 22.2. The fourth-order valence-electron chi connectivity index (χ4n) is 2.45. The second-order valence-corrected chi connectivity index (χ2v) is 6.23. The van der Waals surface area contributed by atoms with Crippen LogP contribution in [0.4, 0.5) is 0 Å². The summed E-state index contributed by atoms with van der Waals surface area (Å²) in [5.41, 5.74) is 7.67. The molecule has 0 saturated heterocycles. The molecule has 0 aliphatic carbocycles. The molecule has 0 aliphatic rings. The highest BCUT2D eigenvalue weighted by Gasteiger charge is 2.18. The van der Waals surface area contributed by atoms with E-state index in [1.54, 1.807) is 57.8 Å². The normalized spacial score (nSPS) is 10.4. The van der Waals surface area contributed by atoms with E-state index >= 15 is 0 Å². The SMILES string of the molecule is CN(C)C(=O)c1cc(Oc2cc(C#N)ccc2-c2ncc(CN)cn2)n(C)n1. The first-order chi connectivity index (χ1) is 13.4. The number of nitriles is 1. The highest BCUT2D eigenvalue weighted by atomic mass is 16.5. The van der Waals surface area contributed by atoms with Crippen LogP contribution in [0.15, 0.2) is 36.7 Å². The van der Waals surface area contributed by atoms with Gasteiger partial charge < -0.3 is 15.4 Å². The van der Waals surface area contributed by atoms with E-state index in [1.165, 1.54) is 9.58 Å². The molecule has 2 aromatic heterocycles. The van der Waals surface area contributed by atoms with Crippen molar-refractivity contribution in [3.8, 4) is 29.1 Å². The molecule has 0 aliphatic heterocycles. The van der Waals surface area contributed by atoms with Gasteiger partial charge in [0.1, 0.15) is 5.75 Å². The van der Waals surface area contributed by atoms with Crippen molar-refractivity contribution in [3.63, 3.8) is 0 Å². The Morgan fingerprint density at radius 3 is 2.61 bits per heavy atom. The zero-order valence-corrected chi connectivity index (χ0v) is 15.7. The molecule has 3 aromatic rings. The van der Waals surface area contributed by atoms with Gasteiger partial charge in [-0.15, -0.1) is 0 Å². The molecule has 1 amide bonds. The van der Waals surface area contributed by atoms with Crippen molar-refractivity contribution in [2.75, 3.05) is 14.1 Å².